The van der Waals surface area contributed by atoms with E-state index < -0.39 is 0 Å². The number of nitrogens with one attached hydrogen (secondary N) is 1. The van der Waals surface area contributed by atoms with Gasteiger partial charge in [-0.1, -0.05) is 57.0 Å². The van der Waals surface area contributed by atoms with Crippen molar-refractivity contribution in [2.45, 2.75) is 38.6 Å². The first-order valence-corrected chi connectivity index (χ1v) is 8.43. The molecule has 0 amide bonds. The largest absolute Gasteiger partial charge is 0.394 e. The number of rotatable bonds is 10. The number of benzene rings is 1. The number of likely N-dealkylation sites (N-methyl/N-ethyl adjacent to an activating group) is 1. The molecule has 0 fully saturated rings. The molecule has 0 aliphatic carbocycles. The Morgan fingerprint density at radius 1 is 1.16 bits per heavy atom. The summed E-state index contributed by atoms with van der Waals surface area (Å²) in [4.78, 5) is 0. The Kier molecular flexibility index (Phi) is 8.19. The van der Waals surface area contributed by atoms with Gasteiger partial charge in [0.2, 0.25) is 0 Å². The summed E-state index contributed by atoms with van der Waals surface area (Å²) in [5.41, 5.74) is 0.884. The Labute approximate surface area is 122 Å². The van der Waals surface area contributed by atoms with Crippen molar-refractivity contribution in [1.82, 2.24) is 5.32 Å². The van der Waals surface area contributed by atoms with E-state index in [2.05, 4.69) is 31.3 Å². The Balaban J connectivity index is 2.65. The van der Waals surface area contributed by atoms with Gasteiger partial charge in [-0.05, 0) is 24.3 Å². The SMILES string of the molecule is CCCCCSCC(CO)(NCC)c1ccccc1. The van der Waals surface area contributed by atoms with Crippen molar-refractivity contribution in [1.29, 1.82) is 0 Å². The zero-order valence-corrected chi connectivity index (χ0v) is 13.0. The van der Waals surface area contributed by atoms with Crippen molar-refractivity contribution in [3.8, 4) is 0 Å². The number of thioether (sulfide) groups is 1. The molecule has 2 N–H and O–H groups in total. The molecule has 3 heteroatoms. The minimum atomic E-state index is -0.299. The maximum absolute atomic E-state index is 9.89. The highest BCUT2D eigenvalue weighted by Crippen LogP contribution is 2.26. The van der Waals surface area contributed by atoms with E-state index in [0.29, 0.717) is 0 Å². The second kappa shape index (κ2) is 9.40. The molecule has 1 aromatic rings. The lowest BCUT2D eigenvalue weighted by atomic mass is 9.92. The Hall–Kier alpha value is -0.510. The van der Waals surface area contributed by atoms with Crippen LogP contribution in [-0.4, -0.2) is 29.8 Å². The number of hydrogen-bond acceptors (Lipinski definition) is 3. The van der Waals surface area contributed by atoms with E-state index in [1.807, 2.05) is 30.0 Å². The number of unbranched alkanes of at least 4 members (excludes halogenated alkanes) is 2. The zero-order valence-electron chi connectivity index (χ0n) is 12.2. The fraction of sp³-hybridized carbons (Fsp3) is 0.625. The van der Waals surface area contributed by atoms with Gasteiger partial charge in [0, 0.05) is 5.75 Å². The first kappa shape index (κ1) is 16.5. The molecule has 1 aromatic carbocycles. The molecule has 0 bridgehead atoms. The molecule has 0 heterocycles. The minimum Gasteiger partial charge on any atom is -0.394 e. The van der Waals surface area contributed by atoms with E-state index in [-0.39, 0.29) is 12.1 Å². The summed E-state index contributed by atoms with van der Waals surface area (Å²) in [6, 6.07) is 10.3. The van der Waals surface area contributed by atoms with Crippen LogP contribution in [0.25, 0.3) is 0 Å². The summed E-state index contributed by atoms with van der Waals surface area (Å²) >= 11 is 1.94. The number of aliphatic hydroxyl groups is 1. The van der Waals surface area contributed by atoms with Crippen LogP contribution >= 0.6 is 11.8 Å². The van der Waals surface area contributed by atoms with Crippen LogP contribution in [0.3, 0.4) is 0 Å². The van der Waals surface area contributed by atoms with E-state index >= 15 is 0 Å². The van der Waals surface area contributed by atoms with Gasteiger partial charge >= 0.3 is 0 Å². The molecule has 0 saturated carbocycles. The lowest BCUT2D eigenvalue weighted by molar-refractivity contribution is 0.181. The van der Waals surface area contributed by atoms with E-state index in [4.69, 9.17) is 0 Å². The highest BCUT2D eigenvalue weighted by atomic mass is 32.2. The van der Waals surface area contributed by atoms with Crippen molar-refractivity contribution in [2.75, 3.05) is 24.7 Å². The normalized spacial score (nSPS) is 14.3. The van der Waals surface area contributed by atoms with Crippen molar-refractivity contribution in [3.05, 3.63) is 35.9 Å². The molecule has 19 heavy (non-hydrogen) atoms. The summed E-state index contributed by atoms with van der Waals surface area (Å²) in [5.74, 6) is 2.10. The standard InChI is InChI=1S/C16H27NOS/c1-3-5-9-12-19-14-16(13-18,17-4-2)15-10-7-6-8-11-15/h6-8,10-11,17-18H,3-5,9,12-14H2,1-2H3. The Morgan fingerprint density at radius 3 is 2.47 bits per heavy atom. The molecule has 0 radical (unpaired) electrons. The topological polar surface area (TPSA) is 32.3 Å². The lowest BCUT2D eigenvalue weighted by Gasteiger charge is -2.33. The minimum absolute atomic E-state index is 0.144. The summed E-state index contributed by atoms with van der Waals surface area (Å²) in [5, 5.41) is 13.4. The van der Waals surface area contributed by atoms with Gasteiger partial charge in [-0.3, -0.25) is 0 Å². The van der Waals surface area contributed by atoms with Gasteiger partial charge in [0.1, 0.15) is 0 Å². The summed E-state index contributed by atoms with van der Waals surface area (Å²) in [7, 11) is 0. The molecule has 2 nitrogen and oxygen atoms in total. The maximum Gasteiger partial charge on any atom is 0.0760 e. The fourth-order valence-electron chi connectivity index (χ4n) is 2.23. The molecule has 0 aromatic heterocycles. The third kappa shape index (κ3) is 5.17. The molecular formula is C16H27NOS. The van der Waals surface area contributed by atoms with Crippen molar-refractivity contribution < 1.29 is 5.11 Å². The second-order valence-electron chi connectivity index (χ2n) is 4.90. The van der Waals surface area contributed by atoms with Gasteiger partial charge in [-0.15, -0.1) is 0 Å². The highest BCUT2D eigenvalue weighted by molar-refractivity contribution is 7.99. The van der Waals surface area contributed by atoms with Crippen LogP contribution in [0.4, 0.5) is 0 Å². The summed E-state index contributed by atoms with van der Waals surface area (Å²) < 4.78 is 0. The van der Waals surface area contributed by atoms with Crippen LogP contribution < -0.4 is 5.32 Å². The smallest absolute Gasteiger partial charge is 0.0760 e. The van der Waals surface area contributed by atoms with Crippen LogP contribution in [0.5, 0.6) is 0 Å². The van der Waals surface area contributed by atoms with Gasteiger partial charge in [-0.25, -0.2) is 0 Å². The molecule has 1 atom stereocenters. The third-order valence-corrected chi connectivity index (χ3v) is 4.63. The van der Waals surface area contributed by atoms with E-state index in [1.54, 1.807) is 0 Å². The van der Waals surface area contributed by atoms with Gasteiger partial charge in [0.25, 0.3) is 0 Å². The molecule has 0 saturated heterocycles. The van der Waals surface area contributed by atoms with Crippen LogP contribution in [0, 0.1) is 0 Å². The van der Waals surface area contributed by atoms with Gasteiger partial charge < -0.3 is 10.4 Å². The van der Waals surface area contributed by atoms with Crippen LogP contribution in [0.2, 0.25) is 0 Å². The lowest BCUT2D eigenvalue weighted by Crippen LogP contribution is -2.48. The predicted molar refractivity (Wildman–Crippen MR) is 85.7 cm³/mol. The third-order valence-electron chi connectivity index (χ3n) is 3.35. The highest BCUT2D eigenvalue weighted by Gasteiger charge is 2.30. The van der Waals surface area contributed by atoms with Crippen LogP contribution in [0.15, 0.2) is 30.3 Å². The van der Waals surface area contributed by atoms with E-state index in [1.165, 1.54) is 30.6 Å². The maximum atomic E-state index is 9.89. The van der Waals surface area contributed by atoms with Crippen LogP contribution in [0.1, 0.15) is 38.7 Å². The monoisotopic (exact) mass is 281 g/mol. The number of hydrogen-bond donors (Lipinski definition) is 2. The molecule has 1 unspecified atom stereocenters. The van der Waals surface area contributed by atoms with Gasteiger partial charge in [-0.2, -0.15) is 11.8 Å². The van der Waals surface area contributed by atoms with Crippen LogP contribution in [-0.2, 0) is 5.54 Å². The molecule has 0 aliphatic rings. The molecule has 108 valence electrons. The molecular weight excluding hydrogens is 254 g/mol. The van der Waals surface area contributed by atoms with E-state index in [0.717, 1.165) is 12.3 Å². The zero-order chi connectivity index (χ0) is 14.0. The van der Waals surface area contributed by atoms with Crippen molar-refractivity contribution in [3.63, 3.8) is 0 Å². The first-order chi connectivity index (χ1) is 9.29. The number of aliphatic hydroxyl groups excluding tert-OH is 1. The molecule has 1 rings (SSSR count). The first-order valence-electron chi connectivity index (χ1n) is 7.28. The molecule has 0 spiro atoms. The summed E-state index contributed by atoms with van der Waals surface area (Å²) in [6.07, 6.45) is 3.83. The average molecular weight is 281 g/mol. The van der Waals surface area contributed by atoms with E-state index in [9.17, 15) is 5.11 Å². The summed E-state index contributed by atoms with van der Waals surface area (Å²) in [6.45, 7) is 5.33. The predicted octanol–water partition coefficient (Wildman–Crippen LogP) is 3.41. The van der Waals surface area contributed by atoms with Crippen molar-refractivity contribution in [2.24, 2.45) is 0 Å². The average Bonchev–Trinajstić information content (AvgIpc) is 2.47. The van der Waals surface area contributed by atoms with Gasteiger partial charge in [0.15, 0.2) is 0 Å². The Morgan fingerprint density at radius 2 is 1.89 bits per heavy atom. The van der Waals surface area contributed by atoms with Gasteiger partial charge in [0.05, 0.1) is 12.1 Å². The quantitative estimate of drug-likeness (QED) is 0.645. The fourth-order valence-corrected chi connectivity index (χ4v) is 3.49. The second-order valence-corrected chi connectivity index (χ2v) is 6.00. The molecule has 0 aliphatic heterocycles. The van der Waals surface area contributed by atoms with Crippen molar-refractivity contribution >= 4 is 11.8 Å². The Bertz CT molecular complexity index is 331.